The Morgan fingerprint density at radius 2 is 2.36 bits per heavy atom. The normalized spacial score (nSPS) is 49.1. The molecule has 3 aliphatic heterocycles. The summed E-state index contributed by atoms with van der Waals surface area (Å²) in [6.45, 7) is 0. The molecule has 3 heterocycles. The second-order valence-electron chi connectivity index (χ2n) is 3.01. The van der Waals surface area contributed by atoms with Gasteiger partial charge in [-0.1, -0.05) is 0 Å². The van der Waals surface area contributed by atoms with Crippen molar-refractivity contribution in [3.05, 3.63) is 11.8 Å². The van der Waals surface area contributed by atoms with Gasteiger partial charge < -0.3 is 4.74 Å². The van der Waals surface area contributed by atoms with Crippen LogP contribution in [0.1, 0.15) is 6.42 Å². The highest BCUT2D eigenvalue weighted by Crippen LogP contribution is 2.44. The third-order valence-electron chi connectivity index (χ3n) is 2.32. The zero-order valence-corrected chi connectivity index (χ0v) is 6.37. The maximum atomic E-state index is 11.1. The smallest absolute Gasteiger partial charge is 0.278 e. The van der Waals surface area contributed by atoms with Crippen LogP contribution in [0, 0.1) is 0 Å². The lowest BCUT2D eigenvalue weighted by molar-refractivity contribution is 0.126. The van der Waals surface area contributed by atoms with E-state index in [2.05, 4.69) is 0 Å². The van der Waals surface area contributed by atoms with Crippen molar-refractivity contribution in [3.63, 3.8) is 0 Å². The average molecular weight is 174 g/mol. The molecule has 11 heavy (non-hydrogen) atoms. The van der Waals surface area contributed by atoms with Gasteiger partial charge in [0.15, 0.2) is 0 Å². The highest BCUT2D eigenvalue weighted by atomic mass is 32.2. The van der Waals surface area contributed by atoms with E-state index in [1.54, 1.807) is 6.08 Å². The molecule has 0 saturated carbocycles. The van der Waals surface area contributed by atoms with Crippen LogP contribution in [0.4, 0.5) is 0 Å². The third kappa shape index (κ3) is 0.566. The first kappa shape index (κ1) is 6.02. The Balaban J connectivity index is 2.23. The topological polar surface area (TPSA) is 52.6 Å². The Bertz CT molecular complexity index is 342. The first-order chi connectivity index (χ1) is 5.17. The predicted octanol–water partition coefficient (Wildman–Crippen LogP) is -0.230. The Hall–Kier alpha value is -0.550. The molecule has 0 aromatic heterocycles. The summed E-state index contributed by atoms with van der Waals surface area (Å²) in [7, 11) is -3.33. The lowest BCUT2D eigenvalue weighted by Crippen LogP contribution is -2.25. The van der Waals surface area contributed by atoms with Gasteiger partial charge in [0.25, 0.3) is 10.1 Å². The summed E-state index contributed by atoms with van der Waals surface area (Å²) >= 11 is 0. The Morgan fingerprint density at radius 3 is 2.91 bits per heavy atom. The molecule has 0 aromatic rings. The van der Waals surface area contributed by atoms with Gasteiger partial charge in [0.2, 0.25) is 0 Å². The van der Waals surface area contributed by atoms with Crippen molar-refractivity contribution in [3.8, 4) is 0 Å². The van der Waals surface area contributed by atoms with Gasteiger partial charge in [-0.15, -0.1) is 0 Å². The molecule has 0 spiro atoms. The fourth-order valence-corrected chi connectivity index (χ4v) is 3.38. The molecule has 0 amide bonds. The van der Waals surface area contributed by atoms with E-state index in [0.29, 0.717) is 6.42 Å². The van der Waals surface area contributed by atoms with Crippen LogP contribution in [-0.4, -0.2) is 25.9 Å². The molecule has 3 unspecified atom stereocenters. The van der Waals surface area contributed by atoms with Crippen molar-refractivity contribution in [1.82, 2.24) is 0 Å². The summed E-state index contributed by atoms with van der Waals surface area (Å²) in [4.78, 5) is 0. The summed E-state index contributed by atoms with van der Waals surface area (Å²) in [6.07, 6.45) is 1.81. The molecule has 5 heteroatoms. The number of hydrogen-bond donors (Lipinski definition) is 0. The van der Waals surface area contributed by atoms with Gasteiger partial charge in [-0.05, 0) is 6.08 Å². The molecule has 0 aromatic carbocycles. The Labute approximate surface area is 63.9 Å². The van der Waals surface area contributed by atoms with Crippen LogP contribution >= 0.6 is 0 Å². The van der Waals surface area contributed by atoms with Gasteiger partial charge in [0.1, 0.15) is 17.5 Å². The van der Waals surface area contributed by atoms with Gasteiger partial charge in [-0.3, -0.25) is 4.18 Å². The van der Waals surface area contributed by atoms with Crippen molar-refractivity contribution in [2.45, 2.75) is 23.9 Å². The second kappa shape index (κ2) is 1.47. The molecular formula is C6H6O4S. The largest absolute Gasteiger partial charge is 0.490 e. The molecule has 2 saturated heterocycles. The molecule has 3 rings (SSSR count). The zero-order chi connectivity index (χ0) is 7.64. The van der Waals surface area contributed by atoms with Gasteiger partial charge in [-0.25, -0.2) is 0 Å². The fraction of sp³-hybridized carbons (Fsp3) is 0.667. The molecule has 0 N–H and O–H groups in total. The third-order valence-corrected chi connectivity index (χ3v) is 3.91. The Morgan fingerprint density at radius 1 is 1.55 bits per heavy atom. The predicted molar refractivity (Wildman–Crippen MR) is 35.2 cm³/mol. The molecule has 2 bridgehead atoms. The van der Waals surface area contributed by atoms with Crippen molar-refractivity contribution in [1.29, 1.82) is 0 Å². The summed E-state index contributed by atoms with van der Waals surface area (Å²) in [5, 5.41) is -0.517. The van der Waals surface area contributed by atoms with Gasteiger partial charge >= 0.3 is 0 Å². The van der Waals surface area contributed by atoms with Crippen LogP contribution < -0.4 is 0 Å². The van der Waals surface area contributed by atoms with E-state index in [1.807, 2.05) is 0 Å². The van der Waals surface area contributed by atoms with E-state index >= 15 is 0 Å². The number of hydrogen-bond acceptors (Lipinski definition) is 4. The summed E-state index contributed by atoms with van der Waals surface area (Å²) in [5.74, 6) is 0.783. The van der Waals surface area contributed by atoms with Gasteiger partial charge in [0, 0.05) is 6.42 Å². The van der Waals surface area contributed by atoms with Crippen LogP contribution in [0.3, 0.4) is 0 Å². The molecule has 3 aliphatic rings. The number of fused-ring (bicyclic) bond motifs is 1. The fourth-order valence-electron chi connectivity index (χ4n) is 1.85. The SMILES string of the molecule is O=S1(=O)OC2CC3=CC1C2O3. The van der Waals surface area contributed by atoms with E-state index in [1.165, 1.54) is 0 Å². The van der Waals surface area contributed by atoms with E-state index in [-0.39, 0.29) is 12.2 Å². The van der Waals surface area contributed by atoms with Crippen LogP contribution in [0.25, 0.3) is 0 Å². The van der Waals surface area contributed by atoms with E-state index < -0.39 is 15.4 Å². The molecule has 0 aliphatic carbocycles. The van der Waals surface area contributed by atoms with E-state index in [9.17, 15) is 8.42 Å². The van der Waals surface area contributed by atoms with Gasteiger partial charge in [-0.2, -0.15) is 8.42 Å². The van der Waals surface area contributed by atoms with Crippen LogP contribution in [0.15, 0.2) is 11.8 Å². The minimum absolute atomic E-state index is 0.231. The first-order valence-electron chi connectivity index (χ1n) is 3.46. The second-order valence-corrected chi connectivity index (χ2v) is 4.73. The van der Waals surface area contributed by atoms with Crippen LogP contribution in [0.5, 0.6) is 0 Å². The Kier molecular flexibility index (Phi) is 0.803. The lowest BCUT2D eigenvalue weighted by atomic mass is 10.0. The molecule has 3 atom stereocenters. The van der Waals surface area contributed by atoms with E-state index in [4.69, 9.17) is 8.92 Å². The highest BCUT2D eigenvalue weighted by Gasteiger charge is 2.57. The highest BCUT2D eigenvalue weighted by molar-refractivity contribution is 7.87. The van der Waals surface area contributed by atoms with Gasteiger partial charge in [0.05, 0.1) is 5.76 Å². The molecule has 60 valence electrons. The van der Waals surface area contributed by atoms with E-state index in [0.717, 1.165) is 5.76 Å². The standard InChI is InChI=1S/C6H6O4S/c7-11(8)5-2-3-1-4(10-11)6(5)9-3/h2,4-6H,1H2. The van der Waals surface area contributed by atoms with Crippen molar-refractivity contribution >= 4 is 10.1 Å². The summed E-state index contributed by atoms with van der Waals surface area (Å²) in [5.41, 5.74) is 0. The minimum Gasteiger partial charge on any atom is -0.490 e. The first-order valence-corrected chi connectivity index (χ1v) is 4.93. The van der Waals surface area contributed by atoms with Crippen molar-refractivity contribution < 1.29 is 17.3 Å². The van der Waals surface area contributed by atoms with Crippen molar-refractivity contribution in [2.24, 2.45) is 0 Å². The van der Waals surface area contributed by atoms with Crippen LogP contribution in [-0.2, 0) is 19.0 Å². The molecule has 2 fully saturated rings. The summed E-state index contributed by atoms with van der Waals surface area (Å²) in [6, 6.07) is 0. The minimum atomic E-state index is -3.33. The molecule has 4 nitrogen and oxygen atoms in total. The molecular weight excluding hydrogens is 168 g/mol. The quantitative estimate of drug-likeness (QED) is 0.476. The summed E-state index contributed by atoms with van der Waals surface area (Å²) < 4.78 is 32.3. The average Bonchev–Trinajstić information content (AvgIpc) is 2.44. The number of ether oxygens (including phenoxy) is 1. The van der Waals surface area contributed by atoms with Crippen molar-refractivity contribution in [2.75, 3.05) is 0 Å². The maximum absolute atomic E-state index is 11.1. The zero-order valence-electron chi connectivity index (χ0n) is 5.56. The number of rotatable bonds is 0. The molecule has 0 radical (unpaired) electrons. The van der Waals surface area contributed by atoms with Crippen LogP contribution in [0.2, 0.25) is 0 Å². The lowest BCUT2D eigenvalue weighted by Gasteiger charge is -2.03. The monoisotopic (exact) mass is 174 g/mol. The maximum Gasteiger partial charge on any atom is 0.278 e.